The van der Waals surface area contributed by atoms with E-state index >= 15 is 0 Å². The summed E-state index contributed by atoms with van der Waals surface area (Å²) < 4.78 is 32.7. The number of aromatic nitrogens is 1. The Bertz CT molecular complexity index is 978. The van der Waals surface area contributed by atoms with Crippen LogP contribution in [0.1, 0.15) is 10.4 Å². The van der Waals surface area contributed by atoms with Gasteiger partial charge in [-0.05, 0) is 42.5 Å². The van der Waals surface area contributed by atoms with Crippen molar-refractivity contribution in [3.63, 3.8) is 0 Å². The first-order chi connectivity index (χ1) is 13.0. The van der Waals surface area contributed by atoms with Crippen LogP contribution in [0.5, 0.6) is 5.75 Å². The molecule has 0 fully saturated rings. The van der Waals surface area contributed by atoms with Crippen molar-refractivity contribution in [3.8, 4) is 5.75 Å². The number of nitrogens with zero attached hydrogens (tertiary/aromatic N) is 1. The Balaban J connectivity index is 1.83. The van der Waals surface area contributed by atoms with Gasteiger partial charge in [-0.2, -0.15) is 0 Å². The van der Waals surface area contributed by atoms with Gasteiger partial charge in [-0.3, -0.25) is 4.79 Å². The fourth-order valence-electron chi connectivity index (χ4n) is 2.36. The summed E-state index contributed by atoms with van der Waals surface area (Å²) in [6.07, 6.45) is 1.35. The predicted molar refractivity (Wildman–Crippen MR) is 99.8 cm³/mol. The van der Waals surface area contributed by atoms with Crippen LogP contribution in [0.25, 0.3) is 0 Å². The number of methoxy groups -OCH3 is 1. The largest absolute Gasteiger partial charge is 0.495 e. The van der Waals surface area contributed by atoms with E-state index in [4.69, 9.17) is 16.3 Å². The summed E-state index contributed by atoms with van der Waals surface area (Å²) >= 11 is 5.95. The molecule has 2 N–H and O–H groups in total. The predicted octanol–water partition coefficient (Wildman–Crippen LogP) is 5.02. The van der Waals surface area contributed by atoms with E-state index in [0.717, 1.165) is 12.1 Å². The highest BCUT2D eigenvalue weighted by Crippen LogP contribution is 2.28. The van der Waals surface area contributed by atoms with Crippen LogP contribution in [0, 0.1) is 11.6 Å². The number of rotatable bonds is 5. The van der Waals surface area contributed by atoms with E-state index in [1.54, 1.807) is 18.2 Å². The van der Waals surface area contributed by atoms with Gasteiger partial charge in [-0.15, -0.1) is 0 Å². The Morgan fingerprint density at radius 2 is 1.85 bits per heavy atom. The number of hydrogen-bond donors (Lipinski definition) is 2. The number of benzene rings is 2. The molecule has 0 aliphatic carbocycles. The van der Waals surface area contributed by atoms with E-state index in [2.05, 4.69) is 15.6 Å². The van der Waals surface area contributed by atoms with Crippen LogP contribution in [-0.2, 0) is 0 Å². The molecule has 27 heavy (non-hydrogen) atoms. The molecule has 0 aliphatic heterocycles. The van der Waals surface area contributed by atoms with Gasteiger partial charge < -0.3 is 15.4 Å². The Hall–Kier alpha value is -3.19. The number of ether oxygens (including phenoxy) is 1. The van der Waals surface area contributed by atoms with Crippen LogP contribution in [0.3, 0.4) is 0 Å². The fourth-order valence-corrected chi connectivity index (χ4v) is 2.53. The zero-order valence-electron chi connectivity index (χ0n) is 14.1. The van der Waals surface area contributed by atoms with Crippen LogP contribution >= 0.6 is 11.6 Å². The summed E-state index contributed by atoms with van der Waals surface area (Å²) in [5.74, 6) is -1.45. The molecule has 0 aliphatic rings. The summed E-state index contributed by atoms with van der Waals surface area (Å²) in [4.78, 5) is 16.5. The molecule has 0 spiro atoms. The molecule has 1 amide bonds. The third-order valence-corrected chi connectivity index (χ3v) is 3.88. The molecule has 138 valence electrons. The number of nitrogens with one attached hydrogen (secondary N) is 2. The number of amides is 1. The van der Waals surface area contributed by atoms with Gasteiger partial charge in [0.15, 0.2) is 0 Å². The van der Waals surface area contributed by atoms with E-state index in [1.807, 2.05) is 0 Å². The molecule has 2 aromatic carbocycles. The minimum absolute atomic E-state index is 0.115. The number of halogens is 3. The topological polar surface area (TPSA) is 63.2 Å². The monoisotopic (exact) mass is 389 g/mol. The number of hydrogen-bond acceptors (Lipinski definition) is 4. The van der Waals surface area contributed by atoms with Crippen molar-refractivity contribution in [1.29, 1.82) is 0 Å². The Morgan fingerprint density at radius 3 is 2.56 bits per heavy atom. The van der Waals surface area contributed by atoms with Crippen LogP contribution in [-0.4, -0.2) is 18.0 Å². The molecule has 3 aromatic rings. The van der Waals surface area contributed by atoms with E-state index < -0.39 is 17.5 Å². The Morgan fingerprint density at radius 1 is 1.11 bits per heavy atom. The highest BCUT2D eigenvalue weighted by Gasteiger charge is 2.13. The van der Waals surface area contributed by atoms with Gasteiger partial charge in [0.05, 0.1) is 12.8 Å². The molecule has 3 rings (SSSR count). The Labute approximate surface area is 159 Å². The van der Waals surface area contributed by atoms with Crippen molar-refractivity contribution >= 4 is 34.7 Å². The molecule has 0 saturated heterocycles. The maximum Gasteiger partial charge on any atom is 0.255 e. The minimum Gasteiger partial charge on any atom is -0.495 e. The standard InChI is InChI=1S/C19H14ClF2N3O2/c1-27-16-6-5-12(20)10-15(16)24-19(26)11-7-8-23-17(9-11)25-18-13(21)3-2-4-14(18)22/h2-10H,1H3,(H,23,25)(H,24,26). The lowest BCUT2D eigenvalue weighted by Crippen LogP contribution is -2.13. The second kappa shape index (κ2) is 8.01. The second-order valence-corrected chi connectivity index (χ2v) is 5.89. The molecular formula is C19H14ClF2N3O2. The van der Waals surface area contributed by atoms with Crippen molar-refractivity contribution in [2.75, 3.05) is 17.7 Å². The fraction of sp³-hybridized carbons (Fsp3) is 0.0526. The van der Waals surface area contributed by atoms with Gasteiger partial charge in [0.2, 0.25) is 0 Å². The highest BCUT2D eigenvalue weighted by molar-refractivity contribution is 6.31. The lowest BCUT2D eigenvalue weighted by Gasteiger charge is -2.12. The van der Waals surface area contributed by atoms with Crippen molar-refractivity contribution in [2.24, 2.45) is 0 Å². The van der Waals surface area contributed by atoms with Crippen LogP contribution in [0.2, 0.25) is 5.02 Å². The van der Waals surface area contributed by atoms with Crippen LogP contribution in [0.15, 0.2) is 54.7 Å². The van der Waals surface area contributed by atoms with Gasteiger partial charge in [0, 0.05) is 16.8 Å². The molecule has 8 heteroatoms. The van der Waals surface area contributed by atoms with Gasteiger partial charge in [-0.25, -0.2) is 13.8 Å². The third-order valence-electron chi connectivity index (χ3n) is 3.65. The van der Waals surface area contributed by atoms with Crippen LogP contribution < -0.4 is 15.4 Å². The van der Waals surface area contributed by atoms with Crippen LogP contribution in [0.4, 0.5) is 26.0 Å². The lowest BCUT2D eigenvalue weighted by atomic mass is 10.2. The van der Waals surface area contributed by atoms with E-state index in [-0.39, 0.29) is 17.1 Å². The summed E-state index contributed by atoms with van der Waals surface area (Å²) in [5.41, 5.74) is 0.270. The van der Waals surface area contributed by atoms with Gasteiger partial charge in [-0.1, -0.05) is 17.7 Å². The molecule has 0 saturated carbocycles. The normalized spacial score (nSPS) is 10.4. The molecule has 0 unspecified atom stereocenters. The number of anilines is 3. The average molecular weight is 390 g/mol. The molecule has 0 atom stereocenters. The first-order valence-corrected chi connectivity index (χ1v) is 8.17. The molecule has 5 nitrogen and oxygen atoms in total. The third kappa shape index (κ3) is 4.32. The Kier molecular flexibility index (Phi) is 5.52. The number of carbonyl (C=O) groups is 1. The maximum absolute atomic E-state index is 13.8. The van der Waals surface area contributed by atoms with E-state index in [0.29, 0.717) is 16.5 Å². The highest BCUT2D eigenvalue weighted by atomic mass is 35.5. The molecule has 1 heterocycles. The smallest absolute Gasteiger partial charge is 0.255 e. The van der Waals surface area contributed by atoms with Crippen molar-refractivity contribution in [2.45, 2.75) is 0 Å². The molecule has 1 aromatic heterocycles. The zero-order chi connectivity index (χ0) is 19.4. The van der Waals surface area contributed by atoms with E-state index in [9.17, 15) is 13.6 Å². The quantitative estimate of drug-likeness (QED) is 0.643. The SMILES string of the molecule is COc1ccc(Cl)cc1NC(=O)c1ccnc(Nc2c(F)cccc2F)c1. The van der Waals surface area contributed by atoms with Crippen molar-refractivity contribution in [1.82, 2.24) is 4.98 Å². The summed E-state index contributed by atoms with van der Waals surface area (Å²) in [6.45, 7) is 0. The molecule has 0 bridgehead atoms. The minimum atomic E-state index is -0.768. The number of pyridine rings is 1. The maximum atomic E-state index is 13.8. The van der Waals surface area contributed by atoms with E-state index in [1.165, 1.54) is 31.5 Å². The zero-order valence-corrected chi connectivity index (χ0v) is 14.8. The first-order valence-electron chi connectivity index (χ1n) is 7.80. The number of carbonyl (C=O) groups excluding carboxylic acids is 1. The van der Waals surface area contributed by atoms with Crippen molar-refractivity contribution in [3.05, 3.63) is 76.9 Å². The summed E-state index contributed by atoms with van der Waals surface area (Å²) in [5, 5.41) is 5.65. The van der Waals surface area contributed by atoms with Crippen molar-refractivity contribution < 1.29 is 18.3 Å². The van der Waals surface area contributed by atoms with Gasteiger partial charge in [0.25, 0.3) is 5.91 Å². The first kappa shape index (κ1) is 18.6. The molecular weight excluding hydrogens is 376 g/mol. The lowest BCUT2D eigenvalue weighted by molar-refractivity contribution is 0.102. The summed E-state index contributed by atoms with van der Waals surface area (Å²) in [7, 11) is 1.47. The number of para-hydroxylation sites is 1. The van der Waals surface area contributed by atoms with Gasteiger partial charge in [0.1, 0.15) is 28.9 Å². The second-order valence-electron chi connectivity index (χ2n) is 5.45. The van der Waals surface area contributed by atoms with Gasteiger partial charge >= 0.3 is 0 Å². The summed E-state index contributed by atoms with van der Waals surface area (Å²) in [6, 6.07) is 11.1. The average Bonchev–Trinajstić information content (AvgIpc) is 2.65. The molecule has 0 radical (unpaired) electrons.